The summed E-state index contributed by atoms with van der Waals surface area (Å²) in [6.07, 6.45) is 1.52. The molecule has 0 spiro atoms. The predicted octanol–water partition coefficient (Wildman–Crippen LogP) is 5.01. The highest BCUT2D eigenvalue weighted by molar-refractivity contribution is 7.53. The standard InChI is InChI=1S/C20H27N4O5PS/c1-5-27-30(25,28-6-2)11-15-12-31-20(23-15)24-19-17-9-16(29-14(3)10-26-4)7-8-18(17)21-13-22-19/h7-9,12-14H,5-6,10-11H2,1-4H3,(H,21,22,23,24)/t14-/m0/s1. The summed E-state index contributed by atoms with van der Waals surface area (Å²) in [6, 6.07) is 5.63. The van der Waals surface area contributed by atoms with E-state index >= 15 is 0 Å². The Bertz CT molecular complexity index is 1040. The van der Waals surface area contributed by atoms with Crippen molar-refractivity contribution in [3.63, 3.8) is 0 Å². The van der Waals surface area contributed by atoms with Crippen molar-refractivity contribution >= 4 is 40.8 Å². The number of methoxy groups -OCH3 is 1. The summed E-state index contributed by atoms with van der Waals surface area (Å²) in [4.78, 5) is 13.2. The number of fused-ring (bicyclic) bond motifs is 1. The summed E-state index contributed by atoms with van der Waals surface area (Å²) in [5.74, 6) is 1.30. The third-order valence-electron chi connectivity index (χ3n) is 4.13. The summed E-state index contributed by atoms with van der Waals surface area (Å²) in [7, 11) is -1.57. The fourth-order valence-electron chi connectivity index (χ4n) is 2.97. The predicted molar refractivity (Wildman–Crippen MR) is 121 cm³/mol. The second-order valence-corrected chi connectivity index (χ2v) is 9.57. The van der Waals surface area contributed by atoms with Crippen LogP contribution in [0, 0.1) is 0 Å². The summed E-state index contributed by atoms with van der Waals surface area (Å²) in [5, 5.41) is 6.48. The number of hydrogen-bond donors (Lipinski definition) is 1. The van der Waals surface area contributed by atoms with Crippen LogP contribution >= 0.6 is 18.9 Å². The Morgan fingerprint density at radius 1 is 1.19 bits per heavy atom. The van der Waals surface area contributed by atoms with E-state index in [1.54, 1.807) is 21.0 Å². The minimum absolute atomic E-state index is 0.0867. The van der Waals surface area contributed by atoms with E-state index in [-0.39, 0.29) is 12.3 Å². The molecule has 0 radical (unpaired) electrons. The topological polar surface area (TPSA) is 105 Å². The highest BCUT2D eigenvalue weighted by Gasteiger charge is 2.25. The van der Waals surface area contributed by atoms with Crippen LogP contribution in [0.2, 0.25) is 0 Å². The Kier molecular flexibility index (Phi) is 8.34. The molecule has 9 nitrogen and oxygen atoms in total. The maximum Gasteiger partial charge on any atom is 0.336 e. The van der Waals surface area contributed by atoms with Crippen LogP contribution in [0.15, 0.2) is 29.9 Å². The molecule has 0 amide bonds. The lowest BCUT2D eigenvalue weighted by Gasteiger charge is -2.15. The number of anilines is 2. The van der Waals surface area contributed by atoms with Crippen molar-refractivity contribution in [3.8, 4) is 5.75 Å². The molecule has 0 unspecified atom stereocenters. The third-order valence-corrected chi connectivity index (χ3v) is 6.95. The molecule has 1 N–H and O–H groups in total. The molecule has 2 heterocycles. The second-order valence-electron chi connectivity index (χ2n) is 6.66. The van der Waals surface area contributed by atoms with Crippen LogP contribution in [0.25, 0.3) is 10.9 Å². The molecule has 0 fully saturated rings. The van der Waals surface area contributed by atoms with Crippen LogP contribution in [0.3, 0.4) is 0 Å². The number of nitrogens with one attached hydrogen (secondary N) is 1. The van der Waals surface area contributed by atoms with Gasteiger partial charge >= 0.3 is 7.60 Å². The molecule has 168 valence electrons. The maximum absolute atomic E-state index is 12.8. The van der Waals surface area contributed by atoms with E-state index in [0.29, 0.717) is 42.2 Å². The zero-order valence-electron chi connectivity index (χ0n) is 18.0. The first-order valence-electron chi connectivity index (χ1n) is 9.96. The zero-order chi connectivity index (χ0) is 22.3. The van der Waals surface area contributed by atoms with Crippen molar-refractivity contribution in [2.45, 2.75) is 33.0 Å². The second kappa shape index (κ2) is 11.0. The molecule has 3 aromatic rings. The van der Waals surface area contributed by atoms with Gasteiger partial charge in [-0.25, -0.2) is 15.0 Å². The average molecular weight is 467 g/mol. The molecule has 31 heavy (non-hydrogen) atoms. The van der Waals surface area contributed by atoms with E-state index < -0.39 is 7.60 Å². The molecule has 0 saturated heterocycles. The van der Waals surface area contributed by atoms with Gasteiger partial charge in [0, 0.05) is 17.9 Å². The smallest absolute Gasteiger partial charge is 0.336 e. The van der Waals surface area contributed by atoms with E-state index in [2.05, 4.69) is 20.3 Å². The van der Waals surface area contributed by atoms with Crippen LogP contribution < -0.4 is 10.1 Å². The van der Waals surface area contributed by atoms with Gasteiger partial charge in [-0.1, -0.05) is 0 Å². The highest BCUT2D eigenvalue weighted by atomic mass is 32.1. The molecule has 0 aliphatic heterocycles. The summed E-state index contributed by atoms with van der Waals surface area (Å²) >= 11 is 1.39. The van der Waals surface area contributed by atoms with Crippen LogP contribution in [0.5, 0.6) is 5.75 Å². The number of ether oxygens (including phenoxy) is 2. The van der Waals surface area contributed by atoms with Gasteiger partial charge in [0.2, 0.25) is 0 Å². The molecular formula is C20H27N4O5PS. The first kappa shape index (κ1) is 23.6. The molecule has 11 heteroatoms. The first-order chi connectivity index (χ1) is 15.0. The van der Waals surface area contributed by atoms with Gasteiger partial charge in [0.15, 0.2) is 5.13 Å². The molecule has 2 aromatic heterocycles. The number of hydrogen-bond acceptors (Lipinski definition) is 10. The van der Waals surface area contributed by atoms with Gasteiger partial charge in [-0.15, -0.1) is 11.3 Å². The van der Waals surface area contributed by atoms with Crippen molar-refractivity contribution < 1.29 is 23.1 Å². The lowest BCUT2D eigenvalue weighted by atomic mass is 10.2. The van der Waals surface area contributed by atoms with Gasteiger partial charge in [-0.05, 0) is 39.0 Å². The normalized spacial score (nSPS) is 12.8. The lowest BCUT2D eigenvalue weighted by Crippen LogP contribution is -2.17. The monoisotopic (exact) mass is 466 g/mol. The van der Waals surface area contributed by atoms with Crippen LogP contribution in [-0.4, -0.2) is 48.0 Å². The van der Waals surface area contributed by atoms with Crippen LogP contribution in [0.1, 0.15) is 26.5 Å². The van der Waals surface area contributed by atoms with Crippen molar-refractivity contribution in [2.75, 3.05) is 32.2 Å². The van der Waals surface area contributed by atoms with Crippen molar-refractivity contribution in [1.29, 1.82) is 0 Å². The summed E-state index contributed by atoms with van der Waals surface area (Å²) in [6.45, 7) is 6.62. The van der Waals surface area contributed by atoms with Crippen molar-refractivity contribution in [2.24, 2.45) is 0 Å². The van der Waals surface area contributed by atoms with Gasteiger partial charge in [0.25, 0.3) is 0 Å². The summed E-state index contributed by atoms with van der Waals surface area (Å²) in [5.41, 5.74) is 1.41. The number of nitrogens with zero attached hydrogens (tertiary/aromatic N) is 3. The van der Waals surface area contributed by atoms with E-state index in [9.17, 15) is 4.57 Å². The Balaban J connectivity index is 1.79. The largest absolute Gasteiger partial charge is 0.488 e. The number of rotatable bonds is 12. The average Bonchev–Trinajstić information content (AvgIpc) is 3.15. The van der Waals surface area contributed by atoms with E-state index in [1.807, 2.05) is 30.5 Å². The molecule has 1 atom stereocenters. The molecule has 1 aromatic carbocycles. The molecule has 0 aliphatic rings. The molecule has 0 aliphatic carbocycles. The maximum atomic E-state index is 12.8. The fourth-order valence-corrected chi connectivity index (χ4v) is 5.40. The van der Waals surface area contributed by atoms with E-state index in [4.69, 9.17) is 18.5 Å². The Morgan fingerprint density at radius 3 is 2.68 bits per heavy atom. The number of aromatic nitrogens is 3. The van der Waals surface area contributed by atoms with Crippen LogP contribution in [-0.2, 0) is 24.5 Å². The summed E-state index contributed by atoms with van der Waals surface area (Å²) < 4.78 is 34.5. The Morgan fingerprint density at radius 2 is 1.97 bits per heavy atom. The Labute approximate surface area is 185 Å². The zero-order valence-corrected chi connectivity index (χ0v) is 19.7. The quantitative estimate of drug-likeness (QED) is 0.369. The van der Waals surface area contributed by atoms with E-state index in [1.165, 1.54) is 17.7 Å². The first-order valence-corrected chi connectivity index (χ1v) is 12.6. The van der Waals surface area contributed by atoms with Crippen molar-refractivity contribution in [3.05, 3.63) is 35.6 Å². The number of benzene rings is 1. The Hall–Kier alpha value is -2.10. The lowest BCUT2D eigenvalue weighted by molar-refractivity contribution is 0.0922. The van der Waals surface area contributed by atoms with Crippen molar-refractivity contribution in [1.82, 2.24) is 15.0 Å². The van der Waals surface area contributed by atoms with E-state index in [0.717, 1.165) is 10.9 Å². The third kappa shape index (κ3) is 6.44. The van der Waals surface area contributed by atoms with Crippen LogP contribution in [0.4, 0.5) is 10.9 Å². The fraction of sp³-hybridized carbons (Fsp3) is 0.450. The highest BCUT2D eigenvalue weighted by Crippen LogP contribution is 2.51. The minimum atomic E-state index is -3.21. The molecule has 0 saturated carbocycles. The van der Waals surface area contributed by atoms with Gasteiger partial charge in [-0.3, -0.25) is 4.57 Å². The van der Waals surface area contributed by atoms with Gasteiger partial charge in [0.1, 0.15) is 24.0 Å². The minimum Gasteiger partial charge on any atom is -0.488 e. The van der Waals surface area contributed by atoms with Gasteiger partial charge in [-0.2, -0.15) is 0 Å². The molecule has 0 bridgehead atoms. The SMILES string of the molecule is CCOP(=O)(Cc1csc(Nc2ncnc3ccc(O[C@@H](C)COC)cc23)n1)OCC. The molecular weight excluding hydrogens is 439 g/mol. The van der Waals surface area contributed by atoms with Gasteiger partial charge < -0.3 is 23.8 Å². The molecule has 3 rings (SSSR count). The van der Waals surface area contributed by atoms with Gasteiger partial charge in [0.05, 0.1) is 37.2 Å². The number of thiazole rings is 1.